The fourth-order valence-corrected chi connectivity index (χ4v) is 1.50. The van der Waals surface area contributed by atoms with Gasteiger partial charge in [0.2, 0.25) is 5.91 Å². The van der Waals surface area contributed by atoms with E-state index in [9.17, 15) is 4.79 Å². The fraction of sp³-hybridized carbons (Fsp3) is 0.222. The number of benzene rings is 1. The molecule has 0 aromatic heterocycles. The summed E-state index contributed by atoms with van der Waals surface area (Å²) in [5, 5.41) is 11.1. The molecule has 13 heavy (non-hydrogen) atoms. The summed E-state index contributed by atoms with van der Waals surface area (Å²) in [5.74, 6) is -0.412. The van der Waals surface area contributed by atoms with Gasteiger partial charge in [0.25, 0.3) is 0 Å². The molecule has 0 aliphatic heterocycles. The molecule has 0 saturated carbocycles. The first-order valence-corrected chi connectivity index (χ1v) is 4.59. The van der Waals surface area contributed by atoms with E-state index >= 15 is 0 Å². The van der Waals surface area contributed by atoms with Crippen LogP contribution in [0, 0.1) is 6.92 Å². The second-order valence-electron chi connectivity index (χ2n) is 2.69. The Bertz CT molecular complexity index is 325. The van der Waals surface area contributed by atoms with E-state index in [2.05, 4.69) is 21.2 Å². The summed E-state index contributed by atoms with van der Waals surface area (Å²) in [6, 6.07) is 5.57. The number of aryl methyl sites for hydroxylation is 1. The van der Waals surface area contributed by atoms with Crippen LogP contribution in [-0.4, -0.2) is 17.6 Å². The van der Waals surface area contributed by atoms with Crippen molar-refractivity contribution in [2.75, 3.05) is 11.9 Å². The zero-order valence-electron chi connectivity index (χ0n) is 7.17. The van der Waals surface area contributed by atoms with Gasteiger partial charge >= 0.3 is 0 Å². The number of anilines is 1. The number of aliphatic hydroxyl groups excluding tert-OH is 1. The molecular weight excluding hydrogens is 234 g/mol. The summed E-state index contributed by atoms with van der Waals surface area (Å²) < 4.78 is 0.814. The molecule has 0 radical (unpaired) electrons. The Hall–Kier alpha value is -0.870. The van der Waals surface area contributed by atoms with Crippen molar-refractivity contribution in [2.24, 2.45) is 0 Å². The lowest BCUT2D eigenvalue weighted by molar-refractivity contribution is -0.118. The molecular formula is C9H10BrNO2. The Labute approximate surface area is 84.9 Å². The molecule has 0 heterocycles. The Morgan fingerprint density at radius 1 is 1.62 bits per heavy atom. The lowest BCUT2D eigenvalue weighted by atomic mass is 10.2. The van der Waals surface area contributed by atoms with Crippen LogP contribution >= 0.6 is 15.9 Å². The molecule has 0 bridgehead atoms. The number of carbonyl (C=O) groups excluding carboxylic acids is 1. The van der Waals surface area contributed by atoms with Gasteiger partial charge < -0.3 is 10.4 Å². The van der Waals surface area contributed by atoms with Gasteiger partial charge in [-0.2, -0.15) is 0 Å². The van der Waals surface area contributed by atoms with Crippen LogP contribution in [0.25, 0.3) is 0 Å². The smallest absolute Gasteiger partial charge is 0.250 e. The standard InChI is InChI=1S/C9H10BrNO2/c1-6-2-3-8(7(10)4-6)11-9(13)5-12/h2-4,12H,5H2,1H3,(H,11,13). The number of aliphatic hydroxyl groups is 1. The lowest BCUT2D eigenvalue weighted by Crippen LogP contribution is -2.15. The van der Waals surface area contributed by atoms with Gasteiger partial charge in [-0.05, 0) is 40.5 Å². The summed E-state index contributed by atoms with van der Waals surface area (Å²) >= 11 is 3.31. The summed E-state index contributed by atoms with van der Waals surface area (Å²) in [6.45, 7) is 1.46. The molecule has 0 saturated heterocycles. The van der Waals surface area contributed by atoms with Gasteiger partial charge in [0.1, 0.15) is 6.61 Å². The van der Waals surface area contributed by atoms with Gasteiger partial charge in [-0.1, -0.05) is 6.07 Å². The largest absolute Gasteiger partial charge is 0.387 e. The maximum Gasteiger partial charge on any atom is 0.250 e. The maximum absolute atomic E-state index is 10.8. The van der Waals surface area contributed by atoms with E-state index in [0.717, 1.165) is 10.0 Å². The van der Waals surface area contributed by atoms with E-state index in [1.165, 1.54) is 0 Å². The van der Waals surface area contributed by atoms with Crippen LogP contribution in [0.2, 0.25) is 0 Å². The molecule has 0 atom stereocenters. The monoisotopic (exact) mass is 243 g/mol. The van der Waals surface area contributed by atoms with Gasteiger partial charge in [0.05, 0.1) is 5.69 Å². The third-order valence-corrected chi connectivity index (χ3v) is 2.20. The number of carbonyl (C=O) groups is 1. The topological polar surface area (TPSA) is 49.3 Å². The number of rotatable bonds is 2. The van der Waals surface area contributed by atoms with Gasteiger partial charge in [0.15, 0.2) is 0 Å². The second kappa shape index (κ2) is 4.39. The van der Waals surface area contributed by atoms with Crippen molar-refractivity contribution in [3.05, 3.63) is 28.2 Å². The minimum Gasteiger partial charge on any atom is -0.387 e. The predicted octanol–water partition coefficient (Wildman–Crippen LogP) is 1.69. The molecule has 1 aromatic carbocycles. The van der Waals surface area contributed by atoms with Crippen LogP contribution in [0.15, 0.2) is 22.7 Å². The second-order valence-corrected chi connectivity index (χ2v) is 3.54. The van der Waals surface area contributed by atoms with E-state index in [4.69, 9.17) is 5.11 Å². The Kier molecular flexibility index (Phi) is 3.45. The normalized spacial score (nSPS) is 9.77. The number of hydrogen-bond donors (Lipinski definition) is 2. The van der Waals surface area contributed by atoms with Crippen molar-refractivity contribution < 1.29 is 9.90 Å². The predicted molar refractivity (Wildman–Crippen MR) is 54.6 cm³/mol. The molecule has 70 valence electrons. The van der Waals surface area contributed by atoms with E-state index in [1.807, 2.05) is 19.1 Å². The molecule has 0 fully saturated rings. The molecule has 2 N–H and O–H groups in total. The summed E-state index contributed by atoms with van der Waals surface area (Å²) in [7, 11) is 0. The lowest BCUT2D eigenvalue weighted by Gasteiger charge is -2.05. The van der Waals surface area contributed by atoms with Gasteiger partial charge in [-0.15, -0.1) is 0 Å². The Morgan fingerprint density at radius 2 is 2.31 bits per heavy atom. The first kappa shape index (κ1) is 10.2. The number of hydrogen-bond acceptors (Lipinski definition) is 2. The first-order valence-electron chi connectivity index (χ1n) is 3.80. The summed E-state index contributed by atoms with van der Waals surface area (Å²) in [6.07, 6.45) is 0. The van der Waals surface area contributed by atoms with E-state index in [0.29, 0.717) is 5.69 Å². The van der Waals surface area contributed by atoms with Crippen molar-refractivity contribution in [1.29, 1.82) is 0 Å². The average molecular weight is 244 g/mol. The zero-order chi connectivity index (χ0) is 9.84. The summed E-state index contributed by atoms with van der Waals surface area (Å²) in [4.78, 5) is 10.8. The Morgan fingerprint density at radius 3 is 2.85 bits per heavy atom. The molecule has 1 aromatic rings. The highest BCUT2D eigenvalue weighted by molar-refractivity contribution is 9.10. The minimum absolute atomic E-state index is 0.412. The number of nitrogens with one attached hydrogen (secondary N) is 1. The van der Waals surface area contributed by atoms with Crippen LogP contribution in [-0.2, 0) is 4.79 Å². The molecule has 4 heteroatoms. The third kappa shape index (κ3) is 2.82. The van der Waals surface area contributed by atoms with Crippen molar-refractivity contribution in [3.8, 4) is 0 Å². The number of halogens is 1. The van der Waals surface area contributed by atoms with Crippen LogP contribution < -0.4 is 5.32 Å². The number of amides is 1. The molecule has 0 unspecified atom stereocenters. The fourth-order valence-electron chi connectivity index (χ4n) is 0.911. The minimum atomic E-state index is -0.500. The van der Waals surface area contributed by atoms with Crippen molar-refractivity contribution >= 4 is 27.5 Å². The molecule has 1 amide bonds. The van der Waals surface area contributed by atoms with Crippen molar-refractivity contribution in [2.45, 2.75) is 6.92 Å². The highest BCUT2D eigenvalue weighted by Gasteiger charge is 2.03. The van der Waals surface area contributed by atoms with E-state index < -0.39 is 12.5 Å². The zero-order valence-corrected chi connectivity index (χ0v) is 8.76. The van der Waals surface area contributed by atoms with Crippen LogP contribution in [0.1, 0.15) is 5.56 Å². The first-order chi connectivity index (χ1) is 6.13. The van der Waals surface area contributed by atoms with E-state index in [-0.39, 0.29) is 0 Å². The van der Waals surface area contributed by atoms with Crippen molar-refractivity contribution in [1.82, 2.24) is 0 Å². The highest BCUT2D eigenvalue weighted by atomic mass is 79.9. The van der Waals surface area contributed by atoms with Crippen LogP contribution in [0.5, 0.6) is 0 Å². The van der Waals surface area contributed by atoms with Crippen molar-refractivity contribution in [3.63, 3.8) is 0 Å². The van der Waals surface area contributed by atoms with Crippen LogP contribution in [0.4, 0.5) is 5.69 Å². The quantitative estimate of drug-likeness (QED) is 0.831. The maximum atomic E-state index is 10.8. The SMILES string of the molecule is Cc1ccc(NC(=O)CO)c(Br)c1. The average Bonchev–Trinajstić information content (AvgIpc) is 2.09. The molecule has 3 nitrogen and oxygen atoms in total. The van der Waals surface area contributed by atoms with Gasteiger partial charge in [-0.25, -0.2) is 0 Å². The molecule has 0 spiro atoms. The molecule has 0 aliphatic carbocycles. The van der Waals surface area contributed by atoms with Crippen LogP contribution in [0.3, 0.4) is 0 Å². The third-order valence-electron chi connectivity index (χ3n) is 1.54. The van der Waals surface area contributed by atoms with Gasteiger partial charge in [-0.3, -0.25) is 4.79 Å². The highest BCUT2D eigenvalue weighted by Crippen LogP contribution is 2.22. The van der Waals surface area contributed by atoms with E-state index in [1.54, 1.807) is 6.07 Å². The Balaban J connectivity index is 2.83. The molecule has 1 rings (SSSR count). The van der Waals surface area contributed by atoms with Gasteiger partial charge in [0, 0.05) is 4.47 Å². The summed E-state index contributed by atoms with van der Waals surface area (Å²) in [5.41, 5.74) is 1.78. The molecule has 0 aliphatic rings.